The van der Waals surface area contributed by atoms with Gasteiger partial charge in [-0.25, -0.2) is 0 Å². The topological polar surface area (TPSA) is 83.8 Å². The number of rotatable bonds is 6. The minimum Gasteiger partial charge on any atom is -0.466 e. The zero-order valence-electron chi connectivity index (χ0n) is 11.7. The van der Waals surface area contributed by atoms with Crippen molar-refractivity contribution in [1.29, 1.82) is 0 Å². The smallest absolute Gasteiger partial charge is 0.312 e. The quantitative estimate of drug-likeness (QED) is 0.706. The Morgan fingerprint density at radius 2 is 2.16 bits per heavy atom. The van der Waals surface area contributed by atoms with Crippen molar-refractivity contribution in [2.45, 2.75) is 52.1 Å². The van der Waals surface area contributed by atoms with Crippen LogP contribution in [0.15, 0.2) is 0 Å². The number of esters is 1. The highest BCUT2D eigenvalue weighted by Gasteiger charge is 2.46. The highest BCUT2D eigenvalue weighted by Crippen LogP contribution is 2.44. The molecule has 1 fully saturated rings. The van der Waals surface area contributed by atoms with Crippen molar-refractivity contribution in [3.05, 3.63) is 0 Å². The van der Waals surface area contributed by atoms with E-state index in [0.717, 1.165) is 12.8 Å². The average Bonchev–Trinajstić information content (AvgIpc) is 2.39. The highest BCUT2D eigenvalue weighted by atomic mass is 16.5. The summed E-state index contributed by atoms with van der Waals surface area (Å²) in [5, 5.41) is 18.7. The maximum Gasteiger partial charge on any atom is 0.312 e. The first-order valence-electron chi connectivity index (χ1n) is 6.91. The molecule has 1 saturated carbocycles. The molecule has 0 heterocycles. The summed E-state index contributed by atoms with van der Waals surface area (Å²) in [5.74, 6) is -0.427. The van der Waals surface area contributed by atoms with Crippen LogP contribution in [0.3, 0.4) is 0 Å². The molecule has 5 heteroatoms. The van der Waals surface area contributed by atoms with Gasteiger partial charge in [0.25, 0.3) is 0 Å². The lowest BCUT2D eigenvalue weighted by molar-refractivity contribution is -0.162. The predicted molar refractivity (Wildman–Crippen MR) is 69.4 cm³/mol. The second-order valence-corrected chi connectivity index (χ2v) is 5.45. The number of aliphatic hydroxyl groups is 2. The monoisotopic (exact) mass is 272 g/mol. The van der Waals surface area contributed by atoms with Gasteiger partial charge in [-0.05, 0) is 39.5 Å². The van der Waals surface area contributed by atoms with E-state index in [0.29, 0.717) is 12.8 Å². The van der Waals surface area contributed by atoms with E-state index in [9.17, 15) is 14.7 Å². The fraction of sp³-hybridized carbons (Fsp3) is 0.857. The van der Waals surface area contributed by atoms with Crippen LogP contribution in [0.4, 0.5) is 0 Å². The van der Waals surface area contributed by atoms with E-state index >= 15 is 0 Å². The average molecular weight is 272 g/mol. The summed E-state index contributed by atoms with van der Waals surface area (Å²) in [4.78, 5) is 23.8. The molecule has 1 aliphatic carbocycles. The third-order valence-electron chi connectivity index (χ3n) is 3.97. The summed E-state index contributed by atoms with van der Waals surface area (Å²) >= 11 is 0. The summed E-state index contributed by atoms with van der Waals surface area (Å²) < 4.78 is 5.12. The molecule has 1 rings (SSSR count). The predicted octanol–water partition coefficient (Wildman–Crippen LogP) is 1.06. The van der Waals surface area contributed by atoms with Crippen molar-refractivity contribution in [2.75, 3.05) is 13.2 Å². The van der Waals surface area contributed by atoms with E-state index in [2.05, 4.69) is 0 Å². The van der Waals surface area contributed by atoms with Crippen LogP contribution in [0.25, 0.3) is 0 Å². The van der Waals surface area contributed by atoms with E-state index in [4.69, 9.17) is 9.84 Å². The van der Waals surface area contributed by atoms with Gasteiger partial charge in [0.2, 0.25) is 0 Å². The SMILES string of the molecule is CCOC(=O)C1(CC(O)CO)CCCC(C(C)=O)C1. The van der Waals surface area contributed by atoms with Crippen LogP contribution in [0, 0.1) is 11.3 Å². The molecule has 2 N–H and O–H groups in total. The van der Waals surface area contributed by atoms with Gasteiger partial charge in [0.15, 0.2) is 0 Å². The van der Waals surface area contributed by atoms with E-state index < -0.39 is 11.5 Å². The first-order valence-corrected chi connectivity index (χ1v) is 6.91. The molecule has 3 atom stereocenters. The number of hydrogen-bond donors (Lipinski definition) is 2. The Kier molecular flexibility index (Phi) is 5.94. The summed E-state index contributed by atoms with van der Waals surface area (Å²) in [6, 6.07) is 0. The van der Waals surface area contributed by atoms with Gasteiger partial charge in [-0.15, -0.1) is 0 Å². The van der Waals surface area contributed by atoms with Crippen LogP contribution in [-0.4, -0.2) is 41.3 Å². The van der Waals surface area contributed by atoms with Crippen LogP contribution in [0.1, 0.15) is 46.0 Å². The maximum atomic E-state index is 12.2. The maximum absolute atomic E-state index is 12.2. The Hall–Kier alpha value is -0.940. The summed E-state index contributed by atoms with van der Waals surface area (Å²) in [7, 11) is 0. The second-order valence-electron chi connectivity index (χ2n) is 5.45. The van der Waals surface area contributed by atoms with Crippen molar-refractivity contribution in [2.24, 2.45) is 11.3 Å². The van der Waals surface area contributed by atoms with E-state index in [1.807, 2.05) is 0 Å². The van der Waals surface area contributed by atoms with E-state index in [1.54, 1.807) is 6.92 Å². The minimum atomic E-state index is -0.949. The number of ketones is 1. The molecule has 0 aromatic heterocycles. The number of carbonyl (C=O) groups excluding carboxylic acids is 2. The van der Waals surface area contributed by atoms with Gasteiger partial charge < -0.3 is 14.9 Å². The number of hydrogen-bond acceptors (Lipinski definition) is 5. The first-order chi connectivity index (χ1) is 8.95. The third-order valence-corrected chi connectivity index (χ3v) is 3.97. The van der Waals surface area contributed by atoms with Crippen molar-refractivity contribution in [3.8, 4) is 0 Å². The summed E-state index contributed by atoms with van der Waals surface area (Å²) in [5.41, 5.74) is -0.827. The lowest BCUT2D eigenvalue weighted by atomic mass is 9.66. The zero-order chi connectivity index (χ0) is 14.5. The first kappa shape index (κ1) is 16.1. The van der Waals surface area contributed by atoms with Gasteiger partial charge in [-0.3, -0.25) is 9.59 Å². The molecule has 1 aliphatic rings. The Bertz CT molecular complexity index is 328. The van der Waals surface area contributed by atoms with Gasteiger partial charge in [0.05, 0.1) is 24.7 Å². The molecular formula is C14H24O5. The molecule has 19 heavy (non-hydrogen) atoms. The van der Waals surface area contributed by atoms with Crippen LogP contribution in [-0.2, 0) is 14.3 Å². The fourth-order valence-electron chi connectivity index (χ4n) is 2.96. The van der Waals surface area contributed by atoms with Gasteiger partial charge >= 0.3 is 5.97 Å². The molecule has 0 aromatic rings. The van der Waals surface area contributed by atoms with E-state index in [1.165, 1.54) is 6.92 Å². The Morgan fingerprint density at radius 3 is 2.68 bits per heavy atom. The van der Waals surface area contributed by atoms with Gasteiger partial charge in [0, 0.05) is 5.92 Å². The molecule has 0 aromatic carbocycles. The largest absolute Gasteiger partial charge is 0.466 e. The minimum absolute atomic E-state index is 0.0758. The molecule has 110 valence electrons. The molecule has 5 nitrogen and oxygen atoms in total. The fourth-order valence-corrected chi connectivity index (χ4v) is 2.96. The molecule has 0 amide bonds. The summed E-state index contributed by atoms with van der Waals surface area (Å²) in [6.45, 7) is 3.17. The van der Waals surface area contributed by atoms with Crippen LogP contribution < -0.4 is 0 Å². The number of aliphatic hydroxyl groups excluding tert-OH is 2. The Balaban J connectivity index is 2.90. The normalized spacial score (nSPS) is 28.7. The molecule has 0 aliphatic heterocycles. The molecule has 0 spiro atoms. The Labute approximate surface area is 114 Å². The van der Waals surface area contributed by atoms with Crippen molar-refractivity contribution in [1.82, 2.24) is 0 Å². The lowest BCUT2D eigenvalue weighted by Crippen LogP contribution is -2.42. The number of carbonyl (C=O) groups is 2. The highest BCUT2D eigenvalue weighted by molar-refractivity contribution is 5.82. The summed E-state index contributed by atoms with van der Waals surface area (Å²) in [6.07, 6.45) is 1.78. The standard InChI is InChI=1S/C14H24O5/c1-3-19-13(18)14(8-12(17)9-15)6-4-5-11(7-14)10(2)16/h11-12,15,17H,3-9H2,1-2H3. The van der Waals surface area contributed by atoms with Crippen LogP contribution in [0.5, 0.6) is 0 Å². The van der Waals surface area contributed by atoms with Crippen molar-refractivity contribution < 1.29 is 24.5 Å². The molecule has 0 saturated heterocycles. The molecule has 3 unspecified atom stereocenters. The number of ether oxygens (including phenoxy) is 1. The van der Waals surface area contributed by atoms with Gasteiger partial charge in [0.1, 0.15) is 5.78 Å². The van der Waals surface area contributed by atoms with Gasteiger partial charge in [-0.1, -0.05) is 6.42 Å². The molecular weight excluding hydrogens is 248 g/mol. The van der Waals surface area contributed by atoms with Crippen molar-refractivity contribution >= 4 is 11.8 Å². The zero-order valence-corrected chi connectivity index (χ0v) is 11.7. The number of Topliss-reactive ketones (excluding diaryl/α,β-unsaturated/α-hetero) is 1. The van der Waals surface area contributed by atoms with Gasteiger partial charge in [-0.2, -0.15) is 0 Å². The molecule has 0 bridgehead atoms. The third kappa shape index (κ3) is 4.01. The molecule has 0 radical (unpaired) electrons. The lowest BCUT2D eigenvalue weighted by Gasteiger charge is -2.39. The van der Waals surface area contributed by atoms with Crippen molar-refractivity contribution in [3.63, 3.8) is 0 Å². The van der Waals surface area contributed by atoms with E-state index in [-0.39, 0.29) is 37.3 Å². The van der Waals surface area contributed by atoms with Crippen LogP contribution >= 0.6 is 0 Å². The van der Waals surface area contributed by atoms with Crippen LogP contribution in [0.2, 0.25) is 0 Å². The second kappa shape index (κ2) is 7.01. The Morgan fingerprint density at radius 1 is 1.47 bits per heavy atom.